The molecule has 2 aliphatic rings. The van der Waals surface area contributed by atoms with E-state index in [-0.39, 0.29) is 37.1 Å². The summed E-state index contributed by atoms with van der Waals surface area (Å²) in [5.41, 5.74) is 6.74. The highest BCUT2D eigenvalue weighted by Gasteiger charge is 2.40. The number of carbonyl (C=O) groups excluding carboxylic acids is 3. The molecule has 4 aromatic carbocycles. The van der Waals surface area contributed by atoms with Crippen molar-refractivity contribution in [2.45, 2.75) is 38.8 Å². The Morgan fingerprint density at radius 2 is 1.51 bits per heavy atom. The number of allylic oxidation sites excluding steroid dienone is 1. The molecule has 8 nitrogen and oxygen atoms in total. The summed E-state index contributed by atoms with van der Waals surface area (Å²) < 4.78 is 12.0. The summed E-state index contributed by atoms with van der Waals surface area (Å²) in [7, 11) is 0. The molecule has 8 heteroatoms. The van der Waals surface area contributed by atoms with Crippen molar-refractivity contribution in [1.29, 1.82) is 0 Å². The SMILES string of the molecule is CC/C(=C(\c1ccc(O)cc1)c1ccc(OCCOc2cccc3c2CN(C2CCC(=O)NC2=O)C3=O)cc1)c1ccccc1. The molecule has 3 amide bonds. The molecule has 0 saturated carbocycles. The van der Waals surface area contributed by atoms with Crippen molar-refractivity contribution in [2.75, 3.05) is 13.2 Å². The lowest BCUT2D eigenvalue weighted by molar-refractivity contribution is -0.136. The van der Waals surface area contributed by atoms with Gasteiger partial charge in [-0.1, -0.05) is 67.6 Å². The molecule has 0 bridgehead atoms. The monoisotopic (exact) mass is 602 g/mol. The number of nitrogens with one attached hydrogen (secondary N) is 1. The van der Waals surface area contributed by atoms with E-state index in [9.17, 15) is 19.5 Å². The maximum atomic E-state index is 13.1. The molecule has 0 radical (unpaired) electrons. The van der Waals surface area contributed by atoms with Gasteiger partial charge in [0.1, 0.15) is 36.5 Å². The molecule has 45 heavy (non-hydrogen) atoms. The first kappa shape index (κ1) is 29.7. The van der Waals surface area contributed by atoms with E-state index < -0.39 is 11.9 Å². The van der Waals surface area contributed by atoms with Crippen LogP contribution < -0.4 is 14.8 Å². The maximum Gasteiger partial charge on any atom is 0.255 e. The van der Waals surface area contributed by atoms with Gasteiger partial charge in [0.25, 0.3) is 5.91 Å². The third-order valence-corrected chi connectivity index (χ3v) is 8.23. The number of benzene rings is 4. The number of hydrogen-bond acceptors (Lipinski definition) is 6. The first-order chi connectivity index (χ1) is 21.9. The van der Waals surface area contributed by atoms with Gasteiger partial charge in [0, 0.05) is 17.5 Å². The first-order valence-electron chi connectivity index (χ1n) is 15.1. The number of rotatable bonds is 10. The number of aromatic hydroxyl groups is 1. The average molecular weight is 603 g/mol. The van der Waals surface area contributed by atoms with Crippen LogP contribution in [0.5, 0.6) is 17.2 Å². The lowest BCUT2D eigenvalue weighted by Crippen LogP contribution is -2.52. The van der Waals surface area contributed by atoms with Crippen LogP contribution in [0.25, 0.3) is 11.1 Å². The van der Waals surface area contributed by atoms with E-state index in [1.54, 1.807) is 24.3 Å². The second kappa shape index (κ2) is 13.1. The van der Waals surface area contributed by atoms with E-state index in [0.29, 0.717) is 30.1 Å². The standard InChI is InChI=1S/C37H34N2O6/c1-2-29(24-7-4-3-5-8-24)35(25-11-15-27(40)16-12-25)26-13-17-28(18-14-26)44-21-22-45-33-10-6-9-30-31(33)23-39(37(30)43)32-19-20-34(41)38-36(32)42/h3-18,32,40H,2,19-23H2,1H3,(H,38,41,42)/b35-29-. The van der Waals surface area contributed by atoms with Crippen molar-refractivity contribution >= 4 is 28.9 Å². The summed E-state index contributed by atoms with van der Waals surface area (Å²) in [6, 6.07) is 30.2. The number of fused-ring (bicyclic) bond motifs is 1. The van der Waals surface area contributed by atoms with E-state index in [1.807, 2.05) is 60.7 Å². The molecular weight excluding hydrogens is 568 g/mol. The van der Waals surface area contributed by atoms with Gasteiger partial charge in [0.15, 0.2) is 0 Å². The van der Waals surface area contributed by atoms with Crippen LogP contribution >= 0.6 is 0 Å². The highest BCUT2D eigenvalue weighted by molar-refractivity contribution is 6.05. The second-order valence-corrected chi connectivity index (χ2v) is 11.0. The van der Waals surface area contributed by atoms with Crippen LogP contribution in [0.15, 0.2) is 97.1 Å². The van der Waals surface area contributed by atoms with Crippen molar-refractivity contribution in [3.8, 4) is 17.2 Å². The zero-order valence-corrected chi connectivity index (χ0v) is 25.0. The smallest absolute Gasteiger partial charge is 0.255 e. The lowest BCUT2D eigenvalue weighted by atomic mass is 9.88. The van der Waals surface area contributed by atoms with Gasteiger partial charge >= 0.3 is 0 Å². The molecule has 0 spiro atoms. The number of amides is 3. The summed E-state index contributed by atoms with van der Waals surface area (Å²) in [6.45, 7) is 2.94. The normalized spacial score (nSPS) is 16.6. The molecule has 4 aromatic rings. The third-order valence-electron chi connectivity index (χ3n) is 8.23. The summed E-state index contributed by atoms with van der Waals surface area (Å²) >= 11 is 0. The summed E-state index contributed by atoms with van der Waals surface area (Å²) in [5, 5.41) is 12.2. The van der Waals surface area contributed by atoms with Crippen molar-refractivity contribution < 1.29 is 29.0 Å². The van der Waals surface area contributed by atoms with Crippen molar-refractivity contribution in [1.82, 2.24) is 10.2 Å². The highest BCUT2D eigenvalue weighted by atomic mass is 16.5. The zero-order valence-electron chi connectivity index (χ0n) is 25.0. The van der Waals surface area contributed by atoms with Crippen LogP contribution in [-0.4, -0.2) is 47.0 Å². The molecule has 2 heterocycles. The predicted molar refractivity (Wildman–Crippen MR) is 171 cm³/mol. The quantitative estimate of drug-likeness (QED) is 0.132. The van der Waals surface area contributed by atoms with Crippen molar-refractivity contribution in [3.63, 3.8) is 0 Å². The van der Waals surface area contributed by atoms with E-state index in [1.165, 1.54) is 10.5 Å². The van der Waals surface area contributed by atoms with Crippen LogP contribution in [-0.2, 0) is 16.1 Å². The largest absolute Gasteiger partial charge is 0.508 e. The van der Waals surface area contributed by atoms with Crippen LogP contribution in [0, 0.1) is 0 Å². The molecule has 6 rings (SSSR count). The van der Waals surface area contributed by atoms with Gasteiger partial charge in [-0.05, 0) is 77.1 Å². The van der Waals surface area contributed by atoms with Crippen molar-refractivity contribution in [2.24, 2.45) is 0 Å². The number of nitrogens with zero attached hydrogens (tertiary/aromatic N) is 1. The van der Waals surface area contributed by atoms with E-state index in [4.69, 9.17) is 9.47 Å². The molecule has 228 valence electrons. The Labute approximate surface area is 261 Å². The van der Waals surface area contributed by atoms with Crippen LogP contribution in [0.3, 0.4) is 0 Å². The Hall–Kier alpha value is -5.37. The number of carbonyl (C=O) groups is 3. The number of piperidine rings is 1. The van der Waals surface area contributed by atoms with Crippen molar-refractivity contribution in [3.05, 3.63) is 125 Å². The Morgan fingerprint density at radius 1 is 0.822 bits per heavy atom. The molecule has 1 saturated heterocycles. The van der Waals surface area contributed by atoms with Gasteiger partial charge in [-0.2, -0.15) is 0 Å². The predicted octanol–water partition coefficient (Wildman–Crippen LogP) is 5.98. The Kier molecular flexibility index (Phi) is 8.64. The number of phenols is 1. The lowest BCUT2D eigenvalue weighted by Gasteiger charge is -2.29. The van der Waals surface area contributed by atoms with Gasteiger partial charge in [0.05, 0.1) is 6.54 Å². The summed E-state index contributed by atoms with van der Waals surface area (Å²) in [6.07, 6.45) is 1.35. The van der Waals surface area contributed by atoms with Crippen LogP contribution in [0.2, 0.25) is 0 Å². The maximum absolute atomic E-state index is 13.1. The minimum Gasteiger partial charge on any atom is -0.508 e. The van der Waals surface area contributed by atoms with E-state index in [2.05, 4.69) is 24.4 Å². The molecule has 0 aliphatic carbocycles. The number of phenolic OH excluding ortho intramolecular Hbond substituents is 1. The van der Waals surface area contributed by atoms with E-state index >= 15 is 0 Å². The number of imide groups is 1. The molecule has 1 unspecified atom stereocenters. The van der Waals surface area contributed by atoms with Crippen LogP contribution in [0.4, 0.5) is 0 Å². The zero-order chi connectivity index (χ0) is 31.3. The first-order valence-corrected chi connectivity index (χ1v) is 15.1. The second-order valence-electron chi connectivity index (χ2n) is 11.0. The number of hydrogen-bond donors (Lipinski definition) is 2. The van der Waals surface area contributed by atoms with Gasteiger partial charge in [-0.3, -0.25) is 19.7 Å². The highest BCUT2D eigenvalue weighted by Crippen LogP contribution is 2.36. The van der Waals surface area contributed by atoms with Gasteiger partial charge < -0.3 is 19.5 Å². The molecule has 1 atom stereocenters. The molecule has 2 aliphatic heterocycles. The fraction of sp³-hybridized carbons (Fsp3) is 0.216. The average Bonchev–Trinajstić information content (AvgIpc) is 3.39. The summed E-state index contributed by atoms with van der Waals surface area (Å²) in [5.74, 6) is 0.507. The molecule has 2 N–H and O–H groups in total. The fourth-order valence-electron chi connectivity index (χ4n) is 6.03. The molecular formula is C37H34N2O6. The minimum atomic E-state index is -0.674. The Bertz CT molecular complexity index is 1750. The van der Waals surface area contributed by atoms with Crippen LogP contribution in [0.1, 0.15) is 58.8 Å². The molecule has 0 aromatic heterocycles. The number of ether oxygens (including phenoxy) is 2. The van der Waals surface area contributed by atoms with Gasteiger partial charge in [-0.25, -0.2) is 0 Å². The van der Waals surface area contributed by atoms with Gasteiger partial charge in [0.2, 0.25) is 11.8 Å². The Morgan fingerprint density at radius 3 is 2.20 bits per heavy atom. The third kappa shape index (κ3) is 6.31. The van der Waals surface area contributed by atoms with E-state index in [0.717, 1.165) is 34.2 Å². The minimum absolute atomic E-state index is 0.208. The van der Waals surface area contributed by atoms with Gasteiger partial charge in [-0.15, -0.1) is 0 Å². The topological polar surface area (TPSA) is 105 Å². The summed E-state index contributed by atoms with van der Waals surface area (Å²) in [4.78, 5) is 38.6. The molecule has 1 fully saturated rings. The fourth-order valence-corrected chi connectivity index (χ4v) is 6.03. The Balaban J connectivity index is 1.13.